The zero-order chi connectivity index (χ0) is 42.1. The molecule has 0 bridgehead atoms. The predicted molar refractivity (Wildman–Crippen MR) is 221 cm³/mol. The van der Waals surface area contributed by atoms with Crippen LogP contribution in [0.25, 0.3) is 0 Å². The number of carbonyl (C=O) groups is 4. The van der Waals surface area contributed by atoms with Crippen LogP contribution in [0.3, 0.4) is 0 Å². The number of imide groups is 1. The molecule has 4 amide bonds. The minimum Gasteiger partial charge on any atom is -0.495 e. The van der Waals surface area contributed by atoms with E-state index in [0.717, 1.165) is 64.3 Å². The highest BCUT2D eigenvalue weighted by atomic mass is 19.1. The molecule has 4 fully saturated rings. The Morgan fingerprint density at radius 2 is 1.56 bits per heavy atom. The van der Waals surface area contributed by atoms with Crippen molar-refractivity contribution in [3.05, 3.63) is 83.2 Å². The number of hydrogen-bond acceptors (Lipinski definition) is 10. The van der Waals surface area contributed by atoms with Gasteiger partial charge in [-0.1, -0.05) is 13.8 Å². The molecule has 1 saturated carbocycles. The second-order valence-corrected chi connectivity index (χ2v) is 17.3. The zero-order valence-electron chi connectivity index (χ0n) is 34.5. The number of benzene rings is 3. The lowest BCUT2D eigenvalue weighted by Crippen LogP contribution is -2.77. The smallest absolute Gasteiger partial charge is 0.254 e. The normalized spacial score (nSPS) is 24.7. The molecule has 3 aromatic carbocycles. The fraction of sp³-hybridized carbons (Fsp3) is 0.489. The van der Waals surface area contributed by atoms with E-state index >= 15 is 4.39 Å². The summed E-state index contributed by atoms with van der Waals surface area (Å²) in [5.74, 6) is -0.755. The van der Waals surface area contributed by atoms with E-state index in [4.69, 9.17) is 9.47 Å². The first-order valence-corrected chi connectivity index (χ1v) is 20.5. The molecular formula is C45H54FN7O6. The number of amides is 4. The second-order valence-electron chi connectivity index (χ2n) is 17.3. The first-order valence-electron chi connectivity index (χ1n) is 20.5. The van der Waals surface area contributed by atoms with E-state index in [-0.39, 0.29) is 30.2 Å². The van der Waals surface area contributed by atoms with Crippen LogP contribution in [0.15, 0.2) is 60.7 Å². The van der Waals surface area contributed by atoms with Crippen molar-refractivity contribution >= 4 is 35.0 Å². The van der Waals surface area contributed by atoms with Gasteiger partial charge in [0.2, 0.25) is 11.8 Å². The van der Waals surface area contributed by atoms with Crippen LogP contribution in [0.1, 0.15) is 86.1 Å². The SMILES string of the molecule is COc1cc(OC2(C)CC(C)(NC(=O)c3ccc(N4CCC(CN5CCN(c6ccc(C(=O)NC7CCC(=O)NC7=O)c(F)c6)CC5)CC4)cc3)C2(C)C)ccc1C#N. The van der Waals surface area contributed by atoms with E-state index in [1.54, 1.807) is 24.3 Å². The van der Waals surface area contributed by atoms with Crippen LogP contribution in [-0.2, 0) is 9.59 Å². The largest absolute Gasteiger partial charge is 0.495 e. The van der Waals surface area contributed by atoms with Gasteiger partial charge in [0, 0.05) is 87.1 Å². The number of hydrogen-bond donors (Lipinski definition) is 3. The standard InChI is InChI=1S/C45H54FN7O6/c1-43(2)44(3,28-45(43,4)59-34-12-8-31(26-47)38(25-34)58-5)50-40(55)30-6-9-32(10-7-30)52-18-16-29(17-19-52)27-51-20-22-53(23-21-51)33-11-13-35(36(46)24-33)41(56)48-37-14-15-39(54)49-42(37)57/h6-13,24-25,29,37H,14-23,27-28H2,1-5H3,(H,48,56)(H,50,55)(H,49,54,57). The number of halogens is 1. The average Bonchev–Trinajstić information content (AvgIpc) is 3.22. The van der Waals surface area contributed by atoms with Crippen molar-refractivity contribution in [3.8, 4) is 17.6 Å². The van der Waals surface area contributed by atoms with E-state index in [9.17, 15) is 24.4 Å². The van der Waals surface area contributed by atoms with Crippen molar-refractivity contribution in [3.63, 3.8) is 0 Å². The highest BCUT2D eigenvalue weighted by Crippen LogP contribution is 2.58. The Hall–Kier alpha value is -5.68. The van der Waals surface area contributed by atoms with Crippen LogP contribution in [-0.4, -0.2) is 98.6 Å². The van der Waals surface area contributed by atoms with Crippen molar-refractivity contribution < 1.29 is 33.0 Å². The molecule has 3 aromatic rings. The number of piperidine rings is 2. The van der Waals surface area contributed by atoms with Crippen LogP contribution in [0.2, 0.25) is 0 Å². The topological polar surface area (TPSA) is 156 Å². The van der Waals surface area contributed by atoms with Gasteiger partial charge in [-0.05, 0) is 93.6 Å². The van der Waals surface area contributed by atoms with E-state index in [1.165, 1.54) is 19.2 Å². The molecule has 4 aliphatic rings. The Balaban J connectivity index is 0.844. The molecule has 1 aliphatic carbocycles. The molecule has 3 N–H and O–H groups in total. The van der Waals surface area contributed by atoms with Crippen molar-refractivity contribution in [2.75, 3.05) is 62.7 Å². The lowest BCUT2D eigenvalue weighted by molar-refractivity contribution is -0.180. The molecular weight excluding hydrogens is 754 g/mol. The minimum absolute atomic E-state index is 0.121. The Kier molecular flexibility index (Phi) is 11.6. The van der Waals surface area contributed by atoms with Crippen molar-refractivity contribution in [1.82, 2.24) is 20.9 Å². The summed E-state index contributed by atoms with van der Waals surface area (Å²) < 4.78 is 26.9. The lowest BCUT2D eigenvalue weighted by atomic mass is 9.48. The van der Waals surface area contributed by atoms with Crippen LogP contribution in [0, 0.1) is 28.5 Å². The summed E-state index contributed by atoms with van der Waals surface area (Å²) in [6, 6.07) is 18.9. The van der Waals surface area contributed by atoms with Crippen molar-refractivity contribution in [2.45, 2.75) is 77.0 Å². The Labute approximate surface area is 345 Å². The number of nitrogens with zero attached hydrogens (tertiary/aromatic N) is 4. The fourth-order valence-corrected chi connectivity index (χ4v) is 9.07. The minimum atomic E-state index is -0.865. The molecule has 3 heterocycles. The van der Waals surface area contributed by atoms with Gasteiger partial charge in [0.15, 0.2) is 0 Å². The van der Waals surface area contributed by atoms with Gasteiger partial charge in [-0.25, -0.2) is 4.39 Å². The van der Waals surface area contributed by atoms with Crippen molar-refractivity contribution in [1.29, 1.82) is 5.26 Å². The van der Waals surface area contributed by atoms with E-state index in [0.29, 0.717) is 40.7 Å². The molecule has 312 valence electrons. The Morgan fingerprint density at radius 1 is 0.881 bits per heavy atom. The molecule has 3 aliphatic heterocycles. The maximum absolute atomic E-state index is 15.1. The van der Waals surface area contributed by atoms with Crippen LogP contribution < -0.4 is 35.2 Å². The molecule has 7 rings (SSSR count). The van der Waals surface area contributed by atoms with Gasteiger partial charge < -0.3 is 29.9 Å². The van der Waals surface area contributed by atoms with Gasteiger partial charge in [0.1, 0.15) is 35.0 Å². The average molecular weight is 808 g/mol. The first kappa shape index (κ1) is 41.5. The quantitative estimate of drug-likeness (QED) is 0.225. The third-order valence-electron chi connectivity index (χ3n) is 13.5. The molecule has 3 unspecified atom stereocenters. The number of carbonyl (C=O) groups excluding carboxylic acids is 4. The first-order chi connectivity index (χ1) is 28.1. The van der Waals surface area contributed by atoms with Crippen LogP contribution >= 0.6 is 0 Å². The molecule has 0 spiro atoms. The molecule has 13 nitrogen and oxygen atoms in total. The van der Waals surface area contributed by atoms with Crippen LogP contribution in [0.4, 0.5) is 15.8 Å². The lowest BCUT2D eigenvalue weighted by Gasteiger charge is -2.65. The fourth-order valence-electron chi connectivity index (χ4n) is 9.07. The van der Waals surface area contributed by atoms with E-state index in [2.05, 4.69) is 64.4 Å². The van der Waals surface area contributed by atoms with Gasteiger partial charge in [-0.2, -0.15) is 5.26 Å². The summed E-state index contributed by atoms with van der Waals surface area (Å²) in [6.07, 6.45) is 3.06. The van der Waals surface area contributed by atoms with Gasteiger partial charge in [0.25, 0.3) is 11.8 Å². The number of ether oxygens (including phenoxy) is 2. The zero-order valence-corrected chi connectivity index (χ0v) is 34.5. The molecule has 14 heteroatoms. The van der Waals surface area contributed by atoms with Crippen molar-refractivity contribution in [2.24, 2.45) is 11.3 Å². The Bertz CT molecular complexity index is 2140. The van der Waals surface area contributed by atoms with Gasteiger partial charge in [0.05, 0.1) is 23.8 Å². The van der Waals surface area contributed by atoms with Gasteiger partial charge in [-0.3, -0.25) is 29.4 Å². The van der Waals surface area contributed by atoms with E-state index in [1.807, 2.05) is 24.3 Å². The number of nitriles is 1. The number of rotatable bonds is 11. The number of nitrogens with one attached hydrogen (secondary N) is 3. The van der Waals surface area contributed by atoms with Crippen LogP contribution in [0.5, 0.6) is 11.5 Å². The maximum Gasteiger partial charge on any atom is 0.254 e. The summed E-state index contributed by atoms with van der Waals surface area (Å²) >= 11 is 0. The molecule has 3 atom stereocenters. The molecule has 59 heavy (non-hydrogen) atoms. The number of anilines is 2. The molecule has 0 aromatic heterocycles. The number of methoxy groups -OCH3 is 1. The summed E-state index contributed by atoms with van der Waals surface area (Å²) in [6.45, 7) is 14.4. The second kappa shape index (κ2) is 16.5. The maximum atomic E-state index is 15.1. The van der Waals surface area contributed by atoms with E-state index < -0.39 is 40.2 Å². The monoisotopic (exact) mass is 807 g/mol. The number of piperazine rings is 1. The summed E-state index contributed by atoms with van der Waals surface area (Å²) in [5.41, 5.74) is 1.27. The van der Waals surface area contributed by atoms with Gasteiger partial charge >= 0.3 is 0 Å². The molecule has 3 saturated heterocycles. The highest BCUT2D eigenvalue weighted by Gasteiger charge is 2.67. The third-order valence-corrected chi connectivity index (χ3v) is 13.5. The summed E-state index contributed by atoms with van der Waals surface area (Å²) in [5, 5.41) is 17.4. The Morgan fingerprint density at radius 3 is 2.19 bits per heavy atom. The predicted octanol–water partition coefficient (Wildman–Crippen LogP) is 5.04. The third kappa shape index (κ3) is 8.44. The summed E-state index contributed by atoms with van der Waals surface area (Å²) in [4.78, 5) is 56.7. The summed E-state index contributed by atoms with van der Waals surface area (Å²) in [7, 11) is 1.53. The molecule has 0 radical (unpaired) electrons. The highest BCUT2D eigenvalue weighted by molar-refractivity contribution is 6.04. The van der Waals surface area contributed by atoms with Gasteiger partial charge in [-0.15, -0.1) is 0 Å².